The molecule has 5 atom stereocenters. The Balaban J connectivity index is 1.19. The smallest absolute Gasteiger partial charge is 0.306 e. The number of nitrogens with zero attached hydrogens (tertiary/aromatic N) is 3. The standard InChI is InChI=1S/C39H51N5O2/c1-2-34(28-16-18-29(19-17-28)38(45)46)41-39-42-35-23-20-30(26-10-5-3-6-11-26)24-33(35)37(43-39)40-36(27-12-7-4-8-13-27)25-44-31-14-9-15-32(44)22-21-31/h3-8,10-13,28-32,34,36H,2,9,14-25H2,1H3,(H,45,46)(H2,40,41,42,43)/t28?,29?,30-,31?,32?,34-,36+/m1/s1. The number of fused-ring (bicyclic) bond motifs is 3. The number of rotatable bonds is 11. The molecule has 2 aromatic carbocycles. The Morgan fingerprint density at radius 3 is 2.24 bits per heavy atom. The minimum Gasteiger partial charge on any atom is -0.481 e. The van der Waals surface area contributed by atoms with Crippen LogP contribution in [0.3, 0.4) is 0 Å². The van der Waals surface area contributed by atoms with Gasteiger partial charge in [0.25, 0.3) is 0 Å². The highest BCUT2D eigenvalue weighted by molar-refractivity contribution is 5.70. The molecule has 7 nitrogen and oxygen atoms in total. The molecule has 1 saturated carbocycles. The van der Waals surface area contributed by atoms with E-state index < -0.39 is 5.97 Å². The van der Waals surface area contributed by atoms with E-state index in [1.807, 2.05) is 0 Å². The van der Waals surface area contributed by atoms with E-state index in [1.54, 1.807) is 0 Å². The summed E-state index contributed by atoms with van der Waals surface area (Å²) in [6.07, 6.45) is 14.0. The number of aliphatic carboxylic acids is 1. The van der Waals surface area contributed by atoms with Crippen LogP contribution in [-0.4, -0.2) is 50.6 Å². The van der Waals surface area contributed by atoms with Crippen LogP contribution in [0.15, 0.2) is 60.7 Å². The van der Waals surface area contributed by atoms with Crippen LogP contribution in [0.4, 0.5) is 11.8 Å². The second-order valence-electron chi connectivity index (χ2n) is 14.4. The monoisotopic (exact) mass is 621 g/mol. The van der Waals surface area contributed by atoms with E-state index in [0.29, 0.717) is 23.9 Å². The van der Waals surface area contributed by atoms with Gasteiger partial charge in [0.05, 0.1) is 17.7 Å². The van der Waals surface area contributed by atoms with Crippen molar-refractivity contribution in [1.82, 2.24) is 14.9 Å². The van der Waals surface area contributed by atoms with Crippen LogP contribution < -0.4 is 10.6 Å². The predicted octanol–water partition coefficient (Wildman–Crippen LogP) is 8.00. The molecule has 7 rings (SSSR count). The number of carboxylic acid groups (broad SMARTS) is 1. The fourth-order valence-electron chi connectivity index (χ4n) is 9.11. The van der Waals surface area contributed by atoms with Gasteiger partial charge in [0.15, 0.2) is 0 Å². The number of anilines is 2. The summed E-state index contributed by atoms with van der Waals surface area (Å²) in [6.45, 7) is 3.22. The van der Waals surface area contributed by atoms with Gasteiger partial charge in [-0.1, -0.05) is 74.0 Å². The van der Waals surface area contributed by atoms with Crippen LogP contribution in [0, 0.1) is 11.8 Å². The first-order valence-corrected chi connectivity index (χ1v) is 18.1. The number of aromatic nitrogens is 2. The molecule has 3 fully saturated rings. The third kappa shape index (κ3) is 6.80. The molecule has 46 heavy (non-hydrogen) atoms. The van der Waals surface area contributed by atoms with Crippen LogP contribution in [-0.2, 0) is 17.6 Å². The van der Waals surface area contributed by atoms with Crippen LogP contribution in [0.2, 0.25) is 0 Å². The zero-order valence-corrected chi connectivity index (χ0v) is 27.4. The van der Waals surface area contributed by atoms with Crippen molar-refractivity contribution in [1.29, 1.82) is 0 Å². The molecule has 2 bridgehead atoms. The summed E-state index contributed by atoms with van der Waals surface area (Å²) in [5.41, 5.74) is 5.14. The number of nitrogens with one attached hydrogen (secondary N) is 2. The number of piperidine rings is 1. The Morgan fingerprint density at radius 1 is 0.870 bits per heavy atom. The molecule has 4 aliphatic rings. The van der Waals surface area contributed by atoms with E-state index in [-0.39, 0.29) is 18.0 Å². The average Bonchev–Trinajstić information content (AvgIpc) is 3.30. The van der Waals surface area contributed by atoms with Gasteiger partial charge in [-0.15, -0.1) is 0 Å². The first-order chi connectivity index (χ1) is 22.6. The van der Waals surface area contributed by atoms with Crippen molar-refractivity contribution in [2.45, 2.75) is 120 Å². The van der Waals surface area contributed by atoms with E-state index in [2.05, 4.69) is 83.1 Å². The molecule has 2 aliphatic carbocycles. The molecule has 2 aliphatic heterocycles. The second kappa shape index (κ2) is 14.1. The quantitative estimate of drug-likeness (QED) is 0.200. The van der Waals surface area contributed by atoms with Gasteiger partial charge in [-0.3, -0.25) is 9.69 Å². The second-order valence-corrected chi connectivity index (χ2v) is 14.4. The fourth-order valence-corrected chi connectivity index (χ4v) is 9.11. The molecule has 2 saturated heterocycles. The van der Waals surface area contributed by atoms with Gasteiger partial charge >= 0.3 is 5.97 Å². The Hall–Kier alpha value is -3.45. The lowest BCUT2D eigenvalue weighted by Gasteiger charge is -2.38. The van der Waals surface area contributed by atoms with Crippen LogP contribution in [0.5, 0.6) is 0 Å². The molecule has 3 heterocycles. The SMILES string of the molecule is CC[C@@H](Nc1nc2c(c(N[C@@H](CN3C4CCCC3CC4)c3ccccc3)n1)C[C@H](c1ccccc1)CC2)C1CCC(C(=O)O)CC1. The Labute approximate surface area is 274 Å². The number of aryl methyl sites for hydroxylation is 1. The molecule has 0 amide bonds. The van der Waals surface area contributed by atoms with Crippen molar-refractivity contribution in [2.75, 3.05) is 17.2 Å². The van der Waals surface area contributed by atoms with Crippen molar-refractivity contribution < 1.29 is 9.90 Å². The van der Waals surface area contributed by atoms with E-state index in [0.717, 1.165) is 69.7 Å². The summed E-state index contributed by atoms with van der Waals surface area (Å²) in [4.78, 5) is 24.9. The third-order valence-electron chi connectivity index (χ3n) is 11.7. The lowest BCUT2D eigenvalue weighted by molar-refractivity contribution is -0.143. The van der Waals surface area contributed by atoms with Gasteiger partial charge in [-0.2, -0.15) is 4.98 Å². The molecule has 3 N–H and O–H groups in total. The van der Waals surface area contributed by atoms with Gasteiger partial charge in [0.2, 0.25) is 5.95 Å². The van der Waals surface area contributed by atoms with Crippen molar-refractivity contribution in [3.8, 4) is 0 Å². The maximum Gasteiger partial charge on any atom is 0.306 e. The summed E-state index contributed by atoms with van der Waals surface area (Å²) in [6, 6.07) is 23.7. The van der Waals surface area contributed by atoms with E-state index in [9.17, 15) is 9.90 Å². The van der Waals surface area contributed by atoms with Crippen LogP contribution in [0.25, 0.3) is 0 Å². The Kier molecular flexibility index (Phi) is 9.57. The minimum absolute atomic E-state index is 0.139. The van der Waals surface area contributed by atoms with Gasteiger partial charge in [0.1, 0.15) is 5.82 Å². The van der Waals surface area contributed by atoms with Crippen molar-refractivity contribution in [3.63, 3.8) is 0 Å². The zero-order chi connectivity index (χ0) is 31.5. The molecule has 3 aromatic rings. The highest BCUT2D eigenvalue weighted by Crippen LogP contribution is 2.40. The maximum atomic E-state index is 11.6. The topological polar surface area (TPSA) is 90.4 Å². The molecule has 7 heteroatoms. The normalized spacial score (nSPS) is 27.4. The zero-order valence-electron chi connectivity index (χ0n) is 27.4. The molecular weight excluding hydrogens is 570 g/mol. The predicted molar refractivity (Wildman–Crippen MR) is 184 cm³/mol. The number of hydrogen-bond donors (Lipinski definition) is 3. The highest BCUT2D eigenvalue weighted by Gasteiger charge is 2.38. The summed E-state index contributed by atoms with van der Waals surface area (Å²) < 4.78 is 0. The van der Waals surface area contributed by atoms with Crippen molar-refractivity contribution >= 4 is 17.7 Å². The molecule has 244 valence electrons. The average molecular weight is 622 g/mol. The Morgan fingerprint density at radius 2 is 1.57 bits per heavy atom. The summed E-state index contributed by atoms with van der Waals surface area (Å²) >= 11 is 0. The molecular formula is C39H51N5O2. The molecule has 2 unspecified atom stereocenters. The highest BCUT2D eigenvalue weighted by atomic mass is 16.4. The summed E-state index contributed by atoms with van der Waals surface area (Å²) in [7, 11) is 0. The van der Waals surface area contributed by atoms with Gasteiger partial charge in [-0.05, 0) is 100 Å². The minimum atomic E-state index is -0.646. The maximum absolute atomic E-state index is 11.6. The largest absolute Gasteiger partial charge is 0.481 e. The van der Waals surface area contributed by atoms with Crippen LogP contribution >= 0.6 is 0 Å². The molecule has 0 spiro atoms. The first kappa shape index (κ1) is 31.2. The van der Waals surface area contributed by atoms with Gasteiger partial charge in [-0.25, -0.2) is 4.98 Å². The number of benzene rings is 2. The van der Waals surface area contributed by atoms with E-state index in [4.69, 9.17) is 9.97 Å². The first-order valence-electron chi connectivity index (χ1n) is 18.1. The van der Waals surface area contributed by atoms with E-state index >= 15 is 0 Å². The van der Waals surface area contributed by atoms with Crippen molar-refractivity contribution in [3.05, 3.63) is 83.0 Å². The number of carboxylic acids is 1. The lowest BCUT2D eigenvalue weighted by atomic mass is 9.78. The number of hydrogen-bond acceptors (Lipinski definition) is 6. The van der Waals surface area contributed by atoms with E-state index in [1.165, 1.54) is 54.5 Å². The Bertz CT molecular complexity index is 1440. The van der Waals surface area contributed by atoms with Gasteiger partial charge < -0.3 is 15.7 Å². The number of carbonyl (C=O) groups is 1. The summed E-state index contributed by atoms with van der Waals surface area (Å²) in [5.74, 6) is 1.75. The third-order valence-corrected chi connectivity index (χ3v) is 11.7. The van der Waals surface area contributed by atoms with Crippen LogP contribution in [0.1, 0.15) is 112 Å². The van der Waals surface area contributed by atoms with Crippen molar-refractivity contribution in [2.24, 2.45) is 11.8 Å². The lowest BCUT2D eigenvalue weighted by Crippen LogP contribution is -2.43. The summed E-state index contributed by atoms with van der Waals surface area (Å²) in [5, 5.41) is 17.4. The van der Waals surface area contributed by atoms with Gasteiger partial charge in [0, 0.05) is 30.2 Å². The fraction of sp³-hybridized carbons (Fsp3) is 0.564. The molecule has 1 aromatic heterocycles. The molecule has 0 radical (unpaired) electrons.